The van der Waals surface area contributed by atoms with Gasteiger partial charge in [0.1, 0.15) is 5.01 Å². The van der Waals surface area contributed by atoms with Crippen molar-refractivity contribution in [3.63, 3.8) is 0 Å². The first kappa shape index (κ1) is 15.1. The number of carbonyl (C=O) groups is 1. The molecule has 0 saturated heterocycles. The molecule has 0 spiro atoms. The molecular formula is C13H23N3OS. The summed E-state index contributed by atoms with van der Waals surface area (Å²) in [5.74, 6) is 0.102. The lowest BCUT2D eigenvalue weighted by molar-refractivity contribution is -0.124. The van der Waals surface area contributed by atoms with Gasteiger partial charge in [0.15, 0.2) is 0 Å². The Kier molecular flexibility index (Phi) is 5.75. The van der Waals surface area contributed by atoms with Gasteiger partial charge in [-0.3, -0.25) is 4.79 Å². The highest BCUT2D eigenvalue weighted by Crippen LogP contribution is 2.20. The Hall–Kier alpha value is -0.940. The van der Waals surface area contributed by atoms with Crippen molar-refractivity contribution < 1.29 is 4.79 Å². The highest BCUT2D eigenvalue weighted by molar-refractivity contribution is 7.11. The quantitative estimate of drug-likeness (QED) is 0.832. The van der Waals surface area contributed by atoms with E-state index >= 15 is 0 Å². The van der Waals surface area contributed by atoms with E-state index in [0.29, 0.717) is 0 Å². The topological polar surface area (TPSA) is 68.0 Å². The minimum absolute atomic E-state index is 0.0714. The van der Waals surface area contributed by atoms with Gasteiger partial charge in [-0.1, -0.05) is 27.2 Å². The first-order valence-corrected chi connectivity index (χ1v) is 7.31. The number of carbonyl (C=O) groups excluding carboxylic acids is 1. The fourth-order valence-corrected chi connectivity index (χ4v) is 2.43. The van der Waals surface area contributed by atoms with Crippen molar-refractivity contribution >= 4 is 17.2 Å². The Bertz CT molecular complexity index is 391. The third-order valence-electron chi connectivity index (χ3n) is 3.21. The third kappa shape index (κ3) is 3.78. The summed E-state index contributed by atoms with van der Waals surface area (Å²) in [6.07, 6.45) is 3.75. The van der Waals surface area contributed by atoms with E-state index in [-0.39, 0.29) is 17.9 Å². The second kappa shape index (κ2) is 6.85. The van der Waals surface area contributed by atoms with Crippen molar-refractivity contribution in [1.82, 2.24) is 10.3 Å². The number of aryl methyl sites for hydroxylation is 1. The van der Waals surface area contributed by atoms with E-state index in [4.69, 9.17) is 5.73 Å². The number of amides is 1. The average Bonchev–Trinajstić information content (AvgIpc) is 2.85. The minimum atomic E-state index is -0.442. The van der Waals surface area contributed by atoms with Crippen LogP contribution in [0.1, 0.15) is 50.0 Å². The third-order valence-corrected chi connectivity index (χ3v) is 4.53. The van der Waals surface area contributed by atoms with Gasteiger partial charge in [0, 0.05) is 11.1 Å². The lowest BCUT2D eigenvalue weighted by Gasteiger charge is -2.20. The Morgan fingerprint density at radius 2 is 2.17 bits per heavy atom. The Morgan fingerprint density at radius 1 is 1.50 bits per heavy atom. The first-order chi connectivity index (χ1) is 8.49. The summed E-state index contributed by atoms with van der Waals surface area (Å²) in [5.41, 5.74) is 5.90. The molecule has 0 saturated carbocycles. The molecule has 4 nitrogen and oxygen atoms in total. The van der Waals surface area contributed by atoms with Gasteiger partial charge in [-0.05, 0) is 19.3 Å². The smallest absolute Gasteiger partial charge is 0.237 e. The molecule has 1 aromatic heterocycles. The first-order valence-electron chi connectivity index (χ1n) is 6.50. The van der Waals surface area contributed by atoms with E-state index in [2.05, 4.69) is 17.2 Å². The number of rotatable bonds is 6. The molecule has 0 bridgehead atoms. The summed E-state index contributed by atoms with van der Waals surface area (Å²) in [5, 5.41) is 3.87. The molecule has 0 aliphatic carbocycles. The molecule has 5 heteroatoms. The van der Waals surface area contributed by atoms with Gasteiger partial charge in [0.2, 0.25) is 5.91 Å². The van der Waals surface area contributed by atoms with Crippen molar-refractivity contribution in [2.24, 2.45) is 11.7 Å². The van der Waals surface area contributed by atoms with Gasteiger partial charge in [-0.2, -0.15) is 0 Å². The van der Waals surface area contributed by atoms with Crippen LogP contribution >= 0.6 is 11.3 Å². The summed E-state index contributed by atoms with van der Waals surface area (Å²) < 4.78 is 0. The van der Waals surface area contributed by atoms with Crippen molar-refractivity contribution in [2.75, 3.05) is 0 Å². The molecule has 1 rings (SSSR count). The normalized spacial score (nSPS) is 16.1. The van der Waals surface area contributed by atoms with E-state index < -0.39 is 6.04 Å². The molecule has 0 aliphatic heterocycles. The van der Waals surface area contributed by atoms with Crippen LogP contribution in [0.4, 0.5) is 0 Å². The maximum absolute atomic E-state index is 11.9. The summed E-state index contributed by atoms with van der Waals surface area (Å²) in [7, 11) is 0. The zero-order valence-corrected chi connectivity index (χ0v) is 12.4. The van der Waals surface area contributed by atoms with E-state index in [1.54, 1.807) is 11.3 Å². The predicted molar refractivity (Wildman–Crippen MR) is 75.5 cm³/mol. The second-order valence-corrected chi connectivity index (χ2v) is 5.81. The van der Waals surface area contributed by atoms with Gasteiger partial charge >= 0.3 is 0 Å². The molecule has 1 unspecified atom stereocenters. The molecule has 3 atom stereocenters. The molecule has 0 radical (unpaired) electrons. The highest BCUT2D eigenvalue weighted by atomic mass is 32.1. The number of nitrogens with two attached hydrogens (primary N) is 1. The number of aromatic nitrogens is 1. The zero-order valence-electron chi connectivity index (χ0n) is 11.6. The van der Waals surface area contributed by atoms with Crippen molar-refractivity contribution in [2.45, 2.75) is 52.6 Å². The molecule has 0 aromatic carbocycles. The van der Waals surface area contributed by atoms with Gasteiger partial charge < -0.3 is 11.1 Å². The number of hydrogen-bond donors (Lipinski definition) is 2. The zero-order chi connectivity index (χ0) is 13.7. The molecule has 3 N–H and O–H groups in total. The Morgan fingerprint density at radius 3 is 2.67 bits per heavy atom. The molecular weight excluding hydrogens is 246 g/mol. The maximum atomic E-state index is 11.9. The Balaban J connectivity index is 2.58. The van der Waals surface area contributed by atoms with Crippen LogP contribution in [0.15, 0.2) is 6.20 Å². The van der Waals surface area contributed by atoms with Crippen LogP contribution < -0.4 is 11.1 Å². The van der Waals surface area contributed by atoms with E-state index in [0.717, 1.165) is 17.8 Å². The van der Waals surface area contributed by atoms with Crippen LogP contribution in [0.3, 0.4) is 0 Å². The van der Waals surface area contributed by atoms with Crippen LogP contribution in [0.2, 0.25) is 0 Å². The largest absolute Gasteiger partial charge is 0.346 e. The highest BCUT2D eigenvalue weighted by Gasteiger charge is 2.22. The van der Waals surface area contributed by atoms with Crippen molar-refractivity contribution in [1.29, 1.82) is 0 Å². The molecule has 18 heavy (non-hydrogen) atoms. The standard InChI is InChI=1S/C13H23N3OS/c1-5-8(3)11(14)12(17)16-9(4)13-15-7-10(6-2)18-13/h7-9,11H,5-6,14H2,1-4H3,(H,16,17)/t8-,9?,11-/m0/s1. The summed E-state index contributed by atoms with van der Waals surface area (Å²) in [4.78, 5) is 17.5. The van der Waals surface area contributed by atoms with E-state index in [9.17, 15) is 4.79 Å². The fourth-order valence-electron chi connectivity index (χ4n) is 1.57. The van der Waals surface area contributed by atoms with Gasteiger partial charge in [-0.15, -0.1) is 11.3 Å². The number of nitrogens with zero attached hydrogens (tertiary/aromatic N) is 1. The van der Waals surface area contributed by atoms with Crippen molar-refractivity contribution in [3.8, 4) is 0 Å². The average molecular weight is 269 g/mol. The van der Waals surface area contributed by atoms with Crippen LogP contribution in [0, 0.1) is 5.92 Å². The number of thiazole rings is 1. The molecule has 1 amide bonds. The molecule has 1 heterocycles. The lowest BCUT2D eigenvalue weighted by atomic mass is 9.99. The van der Waals surface area contributed by atoms with Gasteiger partial charge in [0.25, 0.3) is 0 Å². The summed E-state index contributed by atoms with van der Waals surface area (Å²) in [6, 6.07) is -0.513. The van der Waals surface area contributed by atoms with Crippen LogP contribution in [-0.4, -0.2) is 16.9 Å². The number of hydrogen-bond acceptors (Lipinski definition) is 4. The molecule has 0 aliphatic rings. The summed E-state index contributed by atoms with van der Waals surface area (Å²) >= 11 is 1.64. The van der Waals surface area contributed by atoms with E-state index in [1.807, 2.05) is 27.0 Å². The monoisotopic (exact) mass is 269 g/mol. The minimum Gasteiger partial charge on any atom is -0.346 e. The molecule has 0 fully saturated rings. The lowest BCUT2D eigenvalue weighted by Crippen LogP contribution is -2.45. The fraction of sp³-hybridized carbons (Fsp3) is 0.692. The van der Waals surface area contributed by atoms with Crippen molar-refractivity contribution in [3.05, 3.63) is 16.1 Å². The second-order valence-electron chi connectivity index (χ2n) is 4.66. The van der Waals surface area contributed by atoms with Crippen LogP contribution in [0.5, 0.6) is 0 Å². The molecule has 1 aromatic rings. The number of nitrogens with one attached hydrogen (secondary N) is 1. The SMILES string of the molecule is CCc1cnc(C(C)NC(=O)[C@@H](N)[C@@H](C)CC)s1. The predicted octanol–water partition coefficient (Wildman–Crippen LogP) is 2.26. The maximum Gasteiger partial charge on any atom is 0.237 e. The summed E-state index contributed by atoms with van der Waals surface area (Å²) in [6.45, 7) is 8.07. The van der Waals surface area contributed by atoms with Gasteiger partial charge in [-0.25, -0.2) is 4.98 Å². The Labute approximate surface area is 113 Å². The van der Waals surface area contributed by atoms with Crippen LogP contribution in [-0.2, 0) is 11.2 Å². The van der Waals surface area contributed by atoms with Crippen LogP contribution in [0.25, 0.3) is 0 Å². The van der Waals surface area contributed by atoms with E-state index in [1.165, 1.54) is 4.88 Å². The van der Waals surface area contributed by atoms with Gasteiger partial charge in [0.05, 0.1) is 12.1 Å². The molecule has 102 valence electrons.